The van der Waals surface area contributed by atoms with Crippen LogP contribution in [0.15, 0.2) is 0 Å². The molecule has 14 heavy (non-hydrogen) atoms. The SMILES string of the molecule is CC(CSC(C)(C)CCO)C(C)(C)S. The second kappa shape index (κ2) is 5.66. The summed E-state index contributed by atoms with van der Waals surface area (Å²) in [6, 6.07) is 0. The molecule has 0 spiro atoms. The summed E-state index contributed by atoms with van der Waals surface area (Å²) >= 11 is 6.50. The first kappa shape index (κ1) is 14.7. The van der Waals surface area contributed by atoms with Gasteiger partial charge in [-0.25, -0.2) is 0 Å². The Balaban J connectivity index is 3.93. The third kappa shape index (κ3) is 6.20. The van der Waals surface area contributed by atoms with Crippen molar-refractivity contribution >= 4 is 24.4 Å². The highest BCUT2D eigenvalue weighted by atomic mass is 32.2. The zero-order chi connectivity index (χ0) is 11.4. The standard InChI is InChI=1S/C11H24OS2/c1-9(11(4,5)13)8-14-10(2,3)6-7-12/h9,12-13H,6-8H2,1-5H3. The summed E-state index contributed by atoms with van der Waals surface area (Å²) in [7, 11) is 0. The first-order valence-corrected chi connectivity index (χ1v) is 6.59. The van der Waals surface area contributed by atoms with Crippen molar-refractivity contribution in [2.24, 2.45) is 5.92 Å². The molecule has 1 atom stereocenters. The molecule has 0 aliphatic heterocycles. The molecule has 1 unspecified atom stereocenters. The highest BCUT2D eigenvalue weighted by Crippen LogP contribution is 2.34. The molecular weight excluding hydrogens is 212 g/mol. The Hall–Kier alpha value is 0.660. The Labute approximate surface area is 98.5 Å². The van der Waals surface area contributed by atoms with Crippen molar-refractivity contribution in [2.75, 3.05) is 12.4 Å². The zero-order valence-corrected chi connectivity index (χ0v) is 11.7. The van der Waals surface area contributed by atoms with Crippen LogP contribution in [0.1, 0.15) is 41.0 Å². The van der Waals surface area contributed by atoms with E-state index in [4.69, 9.17) is 5.11 Å². The average Bonchev–Trinajstić information content (AvgIpc) is 1.98. The molecule has 0 aliphatic carbocycles. The fourth-order valence-corrected chi connectivity index (χ4v) is 2.46. The lowest BCUT2D eigenvalue weighted by Crippen LogP contribution is -2.27. The number of hydrogen-bond acceptors (Lipinski definition) is 3. The van der Waals surface area contributed by atoms with E-state index in [9.17, 15) is 0 Å². The van der Waals surface area contributed by atoms with E-state index in [2.05, 4.69) is 47.2 Å². The zero-order valence-electron chi connectivity index (χ0n) is 10.0. The maximum Gasteiger partial charge on any atom is 0.0444 e. The van der Waals surface area contributed by atoms with E-state index in [-0.39, 0.29) is 16.1 Å². The van der Waals surface area contributed by atoms with Crippen LogP contribution in [0.4, 0.5) is 0 Å². The molecule has 0 fully saturated rings. The van der Waals surface area contributed by atoms with Crippen molar-refractivity contribution in [3.63, 3.8) is 0 Å². The van der Waals surface area contributed by atoms with Gasteiger partial charge in [0.15, 0.2) is 0 Å². The smallest absolute Gasteiger partial charge is 0.0444 e. The highest BCUT2D eigenvalue weighted by Gasteiger charge is 2.25. The molecule has 0 amide bonds. The largest absolute Gasteiger partial charge is 0.396 e. The fraction of sp³-hybridized carbons (Fsp3) is 1.00. The third-order valence-corrected chi connectivity index (χ3v) is 4.74. The Morgan fingerprint density at radius 3 is 2.14 bits per heavy atom. The molecule has 0 heterocycles. The van der Waals surface area contributed by atoms with Gasteiger partial charge in [-0.05, 0) is 18.1 Å². The molecule has 1 N–H and O–H groups in total. The molecule has 0 saturated carbocycles. The Morgan fingerprint density at radius 1 is 1.29 bits per heavy atom. The topological polar surface area (TPSA) is 20.2 Å². The van der Waals surface area contributed by atoms with E-state index >= 15 is 0 Å². The van der Waals surface area contributed by atoms with E-state index < -0.39 is 0 Å². The monoisotopic (exact) mass is 236 g/mol. The van der Waals surface area contributed by atoms with Crippen LogP contribution in [0.5, 0.6) is 0 Å². The molecule has 0 bridgehead atoms. The normalized spacial score (nSPS) is 15.6. The van der Waals surface area contributed by atoms with Gasteiger partial charge < -0.3 is 5.11 Å². The summed E-state index contributed by atoms with van der Waals surface area (Å²) in [6.07, 6.45) is 0.859. The maximum atomic E-state index is 8.90. The van der Waals surface area contributed by atoms with Crippen molar-refractivity contribution in [2.45, 2.75) is 50.5 Å². The van der Waals surface area contributed by atoms with E-state index in [1.165, 1.54) is 0 Å². The van der Waals surface area contributed by atoms with Gasteiger partial charge in [-0.3, -0.25) is 0 Å². The lowest BCUT2D eigenvalue weighted by molar-refractivity contribution is 0.275. The minimum Gasteiger partial charge on any atom is -0.396 e. The van der Waals surface area contributed by atoms with Gasteiger partial charge in [0.1, 0.15) is 0 Å². The number of aliphatic hydroxyl groups is 1. The number of rotatable bonds is 6. The summed E-state index contributed by atoms with van der Waals surface area (Å²) in [4.78, 5) is 0. The van der Waals surface area contributed by atoms with Crippen LogP contribution in [0.25, 0.3) is 0 Å². The summed E-state index contributed by atoms with van der Waals surface area (Å²) in [5.41, 5.74) is 0. The average molecular weight is 236 g/mol. The Kier molecular flexibility index (Phi) is 5.93. The van der Waals surface area contributed by atoms with Crippen molar-refractivity contribution in [3.05, 3.63) is 0 Å². The van der Waals surface area contributed by atoms with Gasteiger partial charge in [0.25, 0.3) is 0 Å². The molecule has 0 aromatic heterocycles. The summed E-state index contributed by atoms with van der Waals surface area (Å²) in [6.45, 7) is 11.2. The van der Waals surface area contributed by atoms with Gasteiger partial charge in [-0.1, -0.05) is 34.6 Å². The van der Waals surface area contributed by atoms with E-state index in [0.29, 0.717) is 5.92 Å². The minimum atomic E-state index is 0.0856. The summed E-state index contributed by atoms with van der Waals surface area (Å²) in [5, 5.41) is 8.90. The molecule has 86 valence electrons. The third-order valence-electron chi connectivity index (χ3n) is 2.64. The Bertz CT molecular complexity index is 161. The summed E-state index contributed by atoms with van der Waals surface area (Å²) < 4.78 is 0.268. The minimum absolute atomic E-state index is 0.0856. The van der Waals surface area contributed by atoms with Crippen LogP contribution in [-0.2, 0) is 0 Å². The first-order chi connectivity index (χ1) is 6.19. The predicted molar refractivity (Wildman–Crippen MR) is 70.5 cm³/mol. The second-order valence-corrected chi connectivity index (χ2v) is 7.98. The number of thioether (sulfide) groups is 1. The van der Waals surface area contributed by atoms with E-state index in [1.54, 1.807) is 0 Å². The van der Waals surface area contributed by atoms with Crippen LogP contribution in [-0.4, -0.2) is 27.0 Å². The molecule has 0 rings (SSSR count). The molecule has 0 aromatic rings. The summed E-state index contributed by atoms with van der Waals surface area (Å²) in [5.74, 6) is 1.68. The maximum absolute atomic E-state index is 8.90. The molecule has 0 aromatic carbocycles. The van der Waals surface area contributed by atoms with Crippen molar-refractivity contribution in [1.82, 2.24) is 0 Å². The number of thiol groups is 1. The molecule has 1 nitrogen and oxygen atoms in total. The number of aliphatic hydroxyl groups excluding tert-OH is 1. The predicted octanol–water partition coefficient (Wildman–Crippen LogP) is 3.23. The lowest BCUT2D eigenvalue weighted by Gasteiger charge is -2.30. The second-order valence-electron chi connectivity index (χ2n) is 5.10. The van der Waals surface area contributed by atoms with E-state index in [0.717, 1.165) is 12.2 Å². The molecular formula is C11H24OS2. The quantitative estimate of drug-likeness (QED) is 0.691. The lowest BCUT2D eigenvalue weighted by atomic mass is 9.99. The van der Waals surface area contributed by atoms with Gasteiger partial charge >= 0.3 is 0 Å². The van der Waals surface area contributed by atoms with Gasteiger partial charge in [-0.2, -0.15) is 24.4 Å². The van der Waals surface area contributed by atoms with Crippen LogP contribution in [0.3, 0.4) is 0 Å². The van der Waals surface area contributed by atoms with Crippen LogP contribution in [0, 0.1) is 5.92 Å². The van der Waals surface area contributed by atoms with Crippen LogP contribution < -0.4 is 0 Å². The molecule has 0 aliphatic rings. The van der Waals surface area contributed by atoms with Gasteiger partial charge in [-0.15, -0.1) is 0 Å². The molecule has 3 heteroatoms. The number of hydrogen-bond donors (Lipinski definition) is 2. The van der Waals surface area contributed by atoms with Crippen molar-refractivity contribution < 1.29 is 5.11 Å². The van der Waals surface area contributed by atoms with Crippen molar-refractivity contribution in [3.8, 4) is 0 Å². The van der Waals surface area contributed by atoms with E-state index in [1.807, 2.05) is 11.8 Å². The highest BCUT2D eigenvalue weighted by molar-refractivity contribution is 8.00. The van der Waals surface area contributed by atoms with Gasteiger partial charge in [0.05, 0.1) is 0 Å². The van der Waals surface area contributed by atoms with Gasteiger partial charge in [0.2, 0.25) is 0 Å². The first-order valence-electron chi connectivity index (χ1n) is 5.16. The molecule has 0 radical (unpaired) electrons. The van der Waals surface area contributed by atoms with Crippen LogP contribution >= 0.6 is 24.4 Å². The molecule has 0 saturated heterocycles. The Morgan fingerprint density at radius 2 is 1.79 bits per heavy atom. The van der Waals surface area contributed by atoms with Crippen molar-refractivity contribution in [1.29, 1.82) is 0 Å². The fourth-order valence-electron chi connectivity index (χ4n) is 0.896. The van der Waals surface area contributed by atoms with Gasteiger partial charge in [0, 0.05) is 16.1 Å². The van der Waals surface area contributed by atoms with Crippen LogP contribution in [0.2, 0.25) is 0 Å².